The Bertz CT molecular complexity index is 303. The second-order valence-corrected chi connectivity index (χ2v) is 2.81. The molecule has 0 aliphatic rings. The van der Waals surface area contributed by atoms with Crippen molar-refractivity contribution in [2.45, 2.75) is 6.04 Å². The van der Waals surface area contributed by atoms with Crippen LogP contribution in [0.4, 0.5) is 13.2 Å². The molecular formula is C9H10F3NO. The topological polar surface area (TPSA) is 32.3 Å². The molecule has 0 aromatic heterocycles. The predicted molar refractivity (Wildman–Crippen MR) is 45.2 cm³/mol. The van der Waals surface area contributed by atoms with Crippen LogP contribution in [0.1, 0.15) is 11.6 Å². The van der Waals surface area contributed by atoms with E-state index in [0.29, 0.717) is 12.1 Å². The van der Waals surface area contributed by atoms with Crippen molar-refractivity contribution in [3.63, 3.8) is 0 Å². The minimum absolute atomic E-state index is 0.351. The minimum atomic E-state index is -1.00. The molecule has 78 valence electrons. The molecule has 2 N–H and O–H groups in total. The molecular weight excluding hydrogens is 195 g/mol. The highest BCUT2D eigenvalue weighted by Crippen LogP contribution is 2.21. The van der Waals surface area contributed by atoms with E-state index in [2.05, 4.69) is 5.32 Å². The predicted octanol–water partition coefficient (Wildman–Crippen LogP) is 1.36. The lowest BCUT2D eigenvalue weighted by molar-refractivity contribution is 0.244. The van der Waals surface area contributed by atoms with Crippen molar-refractivity contribution in [2.75, 3.05) is 13.7 Å². The first kappa shape index (κ1) is 11.0. The van der Waals surface area contributed by atoms with Gasteiger partial charge in [-0.1, -0.05) is 0 Å². The van der Waals surface area contributed by atoms with Crippen molar-refractivity contribution >= 4 is 0 Å². The summed E-state index contributed by atoms with van der Waals surface area (Å²) in [5.41, 5.74) is -0.351. The van der Waals surface area contributed by atoms with Crippen LogP contribution in [0.15, 0.2) is 12.1 Å². The van der Waals surface area contributed by atoms with E-state index in [1.165, 1.54) is 7.05 Å². The van der Waals surface area contributed by atoms with Crippen LogP contribution in [0.5, 0.6) is 0 Å². The van der Waals surface area contributed by atoms with E-state index >= 15 is 0 Å². The molecule has 0 fully saturated rings. The van der Waals surface area contributed by atoms with Crippen LogP contribution >= 0.6 is 0 Å². The zero-order valence-electron chi connectivity index (χ0n) is 7.52. The lowest BCUT2D eigenvalue weighted by Gasteiger charge is -2.15. The van der Waals surface area contributed by atoms with Crippen molar-refractivity contribution < 1.29 is 18.3 Å². The van der Waals surface area contributed by atoms with Gasteiger partial charge in [0.2, 0.25) is 0 Å². The molecule has 0 radical (unpaired) electrons. The van der Waals surface area contributed by atoms with Crippen LogP contribution in [0.2, 0.25) is 0 Å². The van der Waals surface area contributed by atoms with Crippen LogP contribution in [0.3, 0.4) is 0 Å². The number of rotatable bonds is 3. The molecule has 0 bridgehead atoms. The number of halogens is 3. The highest BCUT2D eigenvalue weighted by molar-refractivity contribution is 5.24. The molecule has 0 spiro atoms. The summed E-state index contributed by atoms with van der Waals surface area (Å²) >= 11 is 0. The van der Waals surface area contributed by atoms with E-state index in [9.17, 15) is 13.2 Å². The molecule has 1 aromatic rings. The van der Waals surface area contributed by atoms with Crippen molar-refractivity contribution in [2.24, 2.45) is 0 Å². The fourth-order valence-electron chi connectivity index (χ4n) is 1.21. The van der Waals surface area contributed by atoms with Crippen LogP contribution in [-0.2, 0) is 0 Å². The van der Waals surface area contributed by atoms with Gasteiger partial charge in [-0.3, -0.25) is 0 Å². The maximum atomic E-state index is 13.1. The molecule has 0 saturated carbocycles. The number of aliphatic hydroxyl groups excluding tert-OH is 1. The Balaban J connectivity index is 3.19. The van der Waals surface area contributed by atoms with Gasteiger partial charge in [0.25, 0.3) is 0 Å². The minimum Gasteiger partial charge on any atom is -0.394 e. The normalized spacial score (nSPS) is 12.9. The van der Waals surface area contributed by atoms with Gasteiger partial charge in [0, 0.05) is 17.7 Å². The summed E-state index contributed by atoms with van der Waals surface area (Å²) in [6.45, 7) is -0.462. The van der Waals surface area contributed by atoms with E-state index in [4.69, 9.17) is 5.11 Å². The Morgan fingerprint density at radius 2 is 1.79 bits per heavy atom. The molecule has 0 amide bonds. The van der Waals surface area contributed by atoms with E-state index < -0.39 is 30.1 Å². The summed E-state index contributed by atoms with van der Waals surface area (Å²) in [4.78, 5) is 0. The van der Waals surface area contributed by atoms with Crippen LogP contribution in [0, 0.1) is 17.5 Å². The maximum absolute atomic E-state index is 13.1. The summed E-state index contributed by atoms with van der Waals surface area (Å²) in [5.74, 6) is -2.98. The molecule has 2 nitrogen and oxygen atoms in total. The fourth-order valence-corrected chi connectivity index (χ4v) is 1.21. The summed E-state index contributed by atoms with van der Waals surface area (Å²) in [6, 6.07) is 0.298. The van der Waals surface area contributed by atoms with Crippen molar-refractivity contribution in [1.82, 2.24) is 5.32 Å². The lowest BCUT2D eigenvalue weighted by Crippen LogP contribution is -2.22. The zero-order chi connectivity index (χ0) is 10.7. The molecule has 14 heavy (non-hydrogen) atoms. The first-order valence-corrected chi connectivity index (χ1v) is 4.02. The molecule has 1 unspecified atom stereocenters. The van der Waals surface area contributed by atoms with Crippen molar-refractivity contribution in [3.05, 3.63) is 35.1 Å². The SMILES string of the molecule is CNC(CO)c1c(F)cc(F)cc1F. The Kier molecular flexibility index (Phi) is 3.49. The summed E-state index contributed by atoms with van der Waals surface area (Å²) in [7, 11) is 1.45. The molecule has 0 saturated heterocycles. The highest BCUT2D eigenvalue weighted by atomic mass is 19.1. The van der Waals surface area contributed by atoms with E-state index in [-0.39, 0.29) is 5.56 Å². The van der Waals surface area contributed by atoms with E-state index in [1.807, 2.05) is 0 Å². The second kappa shape index (κ2) is 4.43. The Morgan fingerprint density at radius 1 is 1.29 bits per heavy atom. The average Bonchev–Trinajstić information content (AvgIpc) is 2.10. The average molecular weight is 205 g/mol. The van der Waals surface area contributed by atoms with Crippen molar-refractivity contribution in [1.29, 1.82) is 0 Å². The summed E-state index contributed by atoms with van der Waals surface area (Å²) in [6.07, 6.45) is 0. The van der Waals surface area contributed by atoms with Gasteiger partial charge < -0.3 is 10.4 Å². The third-order valence-electron chi connectivity index (χ3n) is 1.92. The van der Waals surface area contributed by atoms with Gasteiger partial charge in [0.15, 0.2) is 0 Å². The molecule has 0 aliphatic carbocycles. The first-order valence-electron chi connectivity index (χ1n) is 4.02. The molecule has 5 heteroatoms. The number of likely N-dealkylation sites (N-methyl/N-ethyl adjacent to an activating group) is 1. The van der Waals surface area contributed by atoms with E-state index in [1.54, 1.807) is 0 Å². The molecule has 1 rings (SSSR count). The van der Waals surface area contributed by atoms with Gasteiger partial charge in [-0.2, -0.15) is 0 Å². The second-order valence-electron chi connectivity index (χ2n) is 2.81. The Labute approximate surface area is 79.4 Å². The zero-order valence-corrected chi connectivity index (χ0v) is 7.52. The standard InChI is InChI=1S/C9H10F3NO/c1-13-8(4-14)9-6(11)2-5(10)3-7(9)12/h2-3,8,13-14H,4H2,1H3. The van der Waals surface area contributed by atoms with Crippen LogP contribution < -0.4 is 5.32 Å². The molecule has 0 heterocycles. The quantitative estimate of drug-likeness (QED) is 0.780. The summed E-state index contributed by atoms with van der Waals surface area (Å²) < 4.78 is 38.7. The van der Waals surface area contributed by atoms with Gasteiger partial charge in [-0.25, -0.2) is 13.2 Å². The molecule has 1 aromatic carbocycles. The van der Waals surface area contributed by atoms with Crippen LogP contribution in [-0.4, -0.2) is 18.8 Å². The smallest absolute Gasteiger partial charge is 0.133 e. The van der Waals surface area contributed by atoms with E-state index in [0.717, 1.165) is 0 Å². The number of hydrogen-bond acceptors (Lipinski definition) is 2. The lowest BCUT2D eigenvalue weighted by atomic mass is 10.1. The number of benzene rings is 1. The molecule has 0 aliphatic heterocycles. The van der Waals surface area contributed by atoms with Gasteiger partial charge in [-0.05, 0) is 7.05 Å². The van der Waals surface area contributed by atoms with Gasteiger partial charge in [-0.15, -0.1) is 0 Å². The first-order chi connectivity index (χ1) is 6.60. The number of aliphatic hydroxyl groups is 1. The molecule has 1 atom stereocenters. The third-order valence-corrected chi connectivity index (χ3v) is 1.92. The Morgan fingerprint density at radius 3 is 2.14 bits per heavy atom. The third kappa shape index (κ3) is 2.05. The largest absolute Gasteiger partial charge is 0.394 e. The fraction of sp³-hybridized carbons (Fsp3) is 0.333. The number of hydrogen-bond donors (Lipinski definition) is 2. The maximum Gasteiger partial charge on any atom is 0.133 e. The Hall–Kier alpha value is -1.07. The summed E-state index contributed by atoms with van der Waals surface area (Å²) in [5, 5.41) is 11.3. The van der Waals surface area contributed by atoms with Crippen LogP contribution in [0.25, 0.3) is 0 Å². The van der Waals surface area contributed by atoms with Gasteiger partial charge in [0.1, 0.15) is 17.5 Å². The highest BCUT2D eigenvalue weighted by Gasteiger charge is 2.19. The monoisotopic (exact) mass is 205 g/mol. The van der Waals surface area contributed by atoms with Gasteiger partial charge >= 0.3 is 0 Å². The van der Waals surface area contributed by atoms with Crippen molar-refractivity contribution in [3.8, 4) is 0 Å². The number of nitrogens with one attached hydrogen (secondary N) is 1. The van der Waals surface area contributed by atoms with Gasteiger partial charge in [0.05, 0.1) is 12.6 Å².